The zero-order chi connectivity index (χ0) is 23.8. The highest BCUT2D eigenvalue weighted by Crippen LogP contribution is 2.36. The molecule has 0 saturated carbocycles. The molecule has 0 fully saturated rings. The molecule has 3 aromatic carbocycles. The molecule has 1 aromatic heterocycles. The highest BCUT2D eigenvalue weighted by molar-refractivity contribution is 7.91. The SMILES string of the molecule is Cc1ccc(S(=O)(=O)c2[nH]c3ccc(OCc4ccccc4)cc3c2C(=O)C(F)(F)F)cc1. The highest BCUT2D eigenvalue weighted by Gasteiger charge is 2.44. The lowest BCUT2D eigenvalue weighted by Crippen LogP contribution is -2.24. The van der Waals surface area contributed by atoms with Crippen molar-refractivity contribution in [3.8, 4) is 5.75 Å². The standard InChI is InChI=1S/C24H18F3NO4S/c1-15-7-10-18(11-8-15)33(30,31)23-21(22(29)24(25,26)27)19-13-17(9-12-20(19)28-23)32-14-16-5-3-2-4-6-16/h2-13,28H,14H2,1H3. The first kappa shape index (κ1) is 22.6. The molecule has 0 aliphatic heterocycles. The number of fused-ring (bicyclic) bond motifs is 1. The quantitative estimate of drug-likeness (QED) is 0.368. The zero-order valence-corrected chi connectivity index (χ0v) is 18.1. The number of hydrogen-bond donors (Lipinski definition) is 1. The van der Waals surface area contributed by atoms with Gasteiger partial charge in [0.25, 0.3) is 5.78 Å². The Kier molecular flexibility index (Phi) is 5.75. The minimum absolute atomic E-state index is 0.0698. The molecule has 0 saturated heterocycles. The van der Waals surface area contributed by atoms with Crippen LogP contribution in [-0.4, -0.2) is 25.4 Å². The van der Waals surface area contributed by atoms with E-state index in [-0.39, 0.29) is 28.2 Å². The number of aryl methyl sites for hydroxylation is 1. The van der Waals surface area contributed by atoms with Gasteiger partial charge in [-0.15, -0.1) is 0 Å². The number of halogens is 3. The number of aromatic nitrogens is 1. The summed E-state index contributed by atoms with van der Waals surface area (Å²) in [5.74, 6) is -2.06. The summed E-state index contributed by atoms with van der Waals surface area (Å²) in [6, 6.07) is 18.8. The number of carbonyl (C=O) groups is 1. The van der Waals surface area contributed by atoms with E-state index < -0.39 is 32.4 Å². The number of nitrogens with one attached hydrogen (secondary N) is 1. The van der Waals surface area contributed by atoms with Gasteiger partial charge in [0.05, 0.1) is 10.5 Å². The maximum absolute atomic E-state index is 13.4. The van der Waals surface area contributed by atoms with Crippen LogP contribution in [0.5, 0.6) is 5.75 Å². The van der Waals surface area contributed by atoms with E-state index in [0.29, 0.717) is 0 Å². The number of rotatable bonds is 6. The van der Waals surface area contributed by atoms with Crippen molar-refractivity contribution in [1.82, 2.24) is 4.98 Å². The molecule has 33 heavy (non-hydrogen) atoms. The van der Waals surface area contributed by atoms with Crippen molar-refractivity contribution in [3.63, 3.8) is 0 Å². The Hall–Kier alpha value is -3.59. The van der Waals surface area contributed by atoms with Gasteiger partial charge in [0.15, 0.2) is 0 Å². The molecule has 9 heteroatoms. The molecule has 4 aromatic rings. The number of benzene rings is 3. The predicted molar refractivity (Wildman–Crippen MR) is 116 cm³/mol. The van der Waals surface area contributed by atoms with Crippen LogP contribution in [0, 0.1) is 6.92 Å². The van der Waals surface area contributed by atoms with E-state index >= 15 is 0 Å². The number of H-pyrrole nitrogens is 1. The van der Waals surface area contributed by atoms with Gasteiger partial charge >= 0.3 is 6.18 Å². The van der Waals surface area contributed by atoms with Crippen LogP contribution in [-0.2, 0) is 16.4 Å². The molecule has 0 spiro atoms. The third-order valence-corrected chi connectivity index (χ3v) is 6.80. The highest BCUT2D eigenvalue weighted by atomic mass is 32.2. The maximum Gasteiger partial charge on any atom is 0.454 e. The summed E-state index contributed by atoms with van der Waals surface area (Å²) in [4.78, 5) is 14.6. The summed E-state index contributed by atoms with van der Waals surface area (Å²) in [5.41, 5.74) is 0.724. The topological polar surface area (TPSA) is 76.2 Å². The van der Waals surface area contributed by atoms with E-state index in [4.69, 9.17) is 4.74 Å². The second-order valence-corrected chi connectivity index (χ2v) is 9.34. The van der Waals surface area contributed by atoms with Crippen LogP contribution in [0.15, 0.2) is 82.7 Å². The molecule has 0 aliphatic rings. The fraction of sp³-hybridized carbons (Fsp3) is 0.125. The minimum Gasteiger partial charge on any atom is -0.489 e. The van der Waals surface area contributed by atoms with Crippen molar-refractivity contribution in [2.75, 3.05) is 0 Å². The summed E-state index contributed by atoms with van der Waals surface area (Å²) < 4.78 is 72.4. The van der Waals surface area contributed by atoms with Gasteiger partial charge in [-0.2, -0.15) is 13.2 Å². The van der Waals surface area contributed by atoms with Crippen LogP contribution < -0.4 is 4.74 Å². The van der Waals surface area contributed by atoms with E-state index in [9.17, 15) is 26.4 Å². The summed E-state index contributed by atoms with van der Waals surface area (Å²) in [6.07, 6.45) is -5.27. The maximum atomic E-state index is 13.4. The zero-order valence-electron chi connectivity index (χ0n) is 17.3. The average Bonchev–Trinajstić information content (AvgIpc) is 3.17. The van der Waals surface area contributed by atoms with E-state index in [2.05, 4.69) is 4.98 Å². The third kappa shape index (κ3) is 4.49. The van der Waals surface area contributed by atoms with Gasteiger partial charge in [0.1, 0.15) is 17.4 Å². The number of ketones is 1. The normalized spacial score (nSPS) is 12.1. The van der Waals surface area contributed by atoms with Crippen LogP contribution in [0.3, 0.4) is 0 Å². The van der Waals surface area contributed by atoms with Crippen LogP contribution in [0.2, 0.25) is 0 Å². The number of ether oxygens (including phenoxy) is 1. The monoisotopic (exact) mass is 473 g/mol. The lowest BCUT2D eigenvalue weighted by Gasteiger charge is -2.09. The molecular formula is C24H18F3NO4S. The van der Waals surface area contributed by atoms with E-state index in [0.717, 1.165) is 11.1 Å². The smallest absolute Gasteiger partial charge is 0.454 e. The molecule has 0 radical (unpaired) electrons. The second-order valence-electron chi connectivity index (χ2n) is 7.45. The molecule has 4 rings (SSSR count). The summed E-state index contributed by atoms with van der Waals surface area (Å²) >= 11 is 0. The molecule has 0 unspecified atom stereocenters. The van der Waals surface area contributed by atoms with Crippen molar-refractivity contribution < 1.29 is 31.1 Å². The molecule has 5 nitrogen and oxygen atoms in total. The van der Waals surface area contributed by atoms with Crippen LogP contribution in [0.4, 0.5) is 13.2 Å². The van der Waals surface area contributed by atoms with Crippen molar-refractivity contribution in [3.05, 3.63) is 89.5 Å². The van der Waals surface area contributed by atoms with Gasteiger partial charge in [0.2, 0.25) is 9.84 Å². The molecule has 0 atom stereocenters. The Labute approximate surface area is 187 Å². The molecule has 0 bridgehead atoms. The predicted octanol–water partition coefficient (Wildman–Crippen LogP) is 5.63. The molecule has 1 heterocycles. The number of hydrogen-bond acceptors (Lipinski definition) is 4. The largest absolute Gasteiger partial charge is 0.489 e. The van der Waals surface area contributed by atoms with Gasteiger partial charge in [-0.05, 0) is 42.8 Å². The Balaban J connectivity index is 1.84. The summed E-state index contributed by atoms with van der Waals surface area (Å²) in [5, 5.41) is -0.988. The Morgan fingerprint density at radius 2 is 1.64 bits per heavy atom. The molecule has 1 N–H and O–H groups in total. The van der Waals surface area contributed by atoms with Gasteiger partial charge in [-0.1, -0.05) is 48.0 Å². The Morgan fingerprint density at radius 1 is 0.970 bits per heavy atom. The number of alkyl halides is 3. The first-order valence-electron chi connectivity index (χ1n) is 9.83. The number of aromatic amines is 1. The summed E-state index contributed by atoms with van der Waals surface area (Å²) in [6.45, 7) is 1.89. The van der Waals surface area contributed by atoms with E-state index in [1.54, 1.807) is 6.92 Å². The minimum atomic E-state index is -5.27. The van der Waals surface area contributed by atoms with Gasteiger partial charge in [-0.25, -0.2) is 8.42 Å². The van der Waals surface area contributed by atoms with Gasteiger partial charge in [0, 0.05) is 10.9 Å². The Morgan fingerprint density at radius 3 is 2.27 bits per heavy atom. The van der Waals surface area contributed by atoms with E-state index in [1.807, 2.05) is 30.3 Å². The molecule has 0 aliphatic carbocycles. The number of Topliss-reactive ketones (excluding diaryl/α,β-unsaturated/α-hetero) is 1. The van der Waals surface area contributed by atoms with Crippen LogP contribution in [0.1, 0.15) is 21.5 Å². The second kappa shape index (κ2) is 8.40. The lowest BCUT2D eigenvalue weighted by atomic mass is 10.1. The molecule has 0 amide bonds. The van der Waals surface area contributed by atoms with Crippen LogP contribution in [0.25, 0.3) is 10.9 Å². The lowest BCUT2D eigenvalue weighted by molar-refractivity contribution is -0.0886. The van der Waals surface area contributed by atoms with Crippen LogP contribution >= 0.6 is 0 Å². The Bertz CT molecular complexity index is 1420. The van der Waals surface area contributed by atoms with Crippen molar-refractivity contribution in [2.24, 2.45) is 0 Å². The van der Waals surface area contributed by atoms with Gasteiger partial charge in [-0.3, -0.25) is 4.79 Å². The molecule has 170 valence electrons. The first-order valence-corrected chi connectivity index (χ1v) is 11.3. The average molecular weight is 473 g/mol. The summed E-state index contributed by atoms with van der Waals surface area (Å²) in [7, 11) is -4.44. The van der Waals surface area contributed by atoms with Crippen molar-refractivity contribution >= 4 is 26.5 Å². The van der Waals surface area contributed by atoms with Crippen molar-refractivity contribution in [1.29, 1.82) is 0 Å². The third-order valence-electron chi connectivity index (χ3n) is 5.07. The fourth-order valence-corrected chi connectivity index (χ4v) is 4.83. The van der Waals surface area contributed by atoms with E-state index in [1.165, 1.54) is 42.5 Å². The number of sulfone groups is 1. The van der Waals surface area contributed by atoms with Gasteiger partial charge < -0.3 is 9.72 Å². The van der Waals surface area contributed by atoms with Crippen molar-refractivity contribution in [2.45, 2.75) is 29.6 Å². The molecular weight excluding hydrogens is 455 g/mol. The first-order chi connectivity index (χ1) is 15.6. The number of carbonyl (C=O) groups excluding carboxylic acids is 1. The fourth-order valence-electron chi connectivity index (χ4n) is 3.38.